The number of aliphatic hydroxyl groups excluding tert-OH is 2. The van der Waals surface area contributed by atoms with Gasteiger partial charge in [0.05, 0.1) is 23.2 Å². The second kappa shape index (κ2) is 19.1. The number of hydrogen-bond acceptors (Lipinski definition) is 7. The number of carbonyl (C=O) groups is 2. The number of aryl methyl sites for hydroxylation is 2. The fraction of sp³-hybridized carbons (Fsp3) is 0.714. The van der Waals surface area contributed by atoms with E-state index in [1.54, 1.807) is 6.08 Å². The van der Waals surface area contributed by atoms with Crippen LogP contribution >= 0.6 is 0 Å². The van der Waals surface area contributed by atoms with Gasteiger partial charge in [-0.3, -0.25) is 4.79 Å². The van der Waals surface area contributed by atoms with Crippen LogP contribution in [-0.2, 0) is 31.9 Å². The third kappa shape index (κ3) is 9.12. The van der Waals surface area contributed by atoms with E-state index in [1.807, 2.05) is 6.92 Å². The third-order valence-electron chi connectivity index (χ3n) is 19.1. The maximum absolute atomic E-state index is 13.7. The molecule has 0 bridgehead atoms. The zero-order chi connectivity index (χ0) is 44.5. The molecule has 346 valence electrons. The highest BCUT2D eigenvalue weighted by atomic mass is 16.5. The Hall–Kier alpha value is -3.00. The molecule has 5 saturated carbocycles. The molecular formula is C56H80O7. The molecule has 3 N–H and O–H groups in total. The SMILES string of the molecule is CC(=O)OC1CC(C)C(O)(CCC2=CC(=O)OC2)C2(C(O)CCC(C)CCCc3ccccc3)C(O)CCC(C)(C3CCC4(CC3)CC(CCc3ccccc3)C3(CCCC3)C4)C12. The van der Waals surface area contributed by atoms with Crippen LogP contribution in [0.15, 0.2) is 72.3 Å². The Bertz CT molecular complexity index is 1880. The van der Waals surface area contributed by atoms with Gasteiger partial charge in [0.2, 0.25) is 0 Å². The molecule has 10 atom stereocenters. The van der Waals surface area contributed by atoms with E-state index < -0.39 is 35.2 Å². The lowest BCUT2D eigenvalue weighted by atomic mass is 9.37. The Labute approximate surface area is 379 Å². The van der Waals surface area contributed by atoms with Crippen molar-refractivity contribution in [1.82, 2.24) is 0 Å². The monoisotopic (exact) mass is 865 g/mol. The predicted molar refractivity (Wildman–Crippen MR) is 248 cm³/mol. The fourth-order valence-corrected chi connectivity index (χ4v) is 16.0. The summed E-state index contributed by atoms with van der Waals surface area (Å²) < 4.78 is 11.7. The van der Waals surface area contributed by atoms with Gasteiger partial charge in [0.15, 0.2) is 0 Å². The van der Waals surface area contributed by atoms with Crippen LogP contribution in [0.1, 0.15) is 167 Å². The highest BCUT2D eigenvalue weighted by Crippen LogP contribution is 2.72. The number of carbonyl (C=O) groups excluding carboxylic acids is 2. The summed E-state index contributed by atoms with van der Waals surface area (Å²) in [7, 11) is 0. The first-order chi connectivity index (χ1) is 30.2. The van der Waals surface area contributed by atoms with Crippen LogP contribution in [0.2, 0.25) is 0 Å². The van der Waals surface area contributed by atoms with E-state index in [1.165, 1.54) is 75.8 Å². The molecule has 7 heteroatoms. The molecule has 5 fully saturated rings. The first kappa shape index (κ1) is 46.5. The maximum Gasteiger partial charge on any atom is 0.331 e. The van der Waals surface area contributed by atoms with Gasteiger partial charge in [-0.05, 0) is 179 Å². The Kier molecular flexibility index (Phi) is 14.1. The van der Waals surface area contributed by atoms with Crippen molar-refractivity contribution in [3.63, 3.8) is 0 Å². The van der Waals surface area contributed by atoms with Crippen LogP contribution in [0.5, 0.6) is 0 Å². The molecule has 2 spiro atoms. The van der Waals surface area contributed by atoms with Gasteiger partial charge >= 0.3 is 11.9 Å². The number of fused-ring (bicyclic) bond motifs is 1. The molecule has 8 rings (SSSR count). The smallest absolute Gasteiger partial charge is 0.331 e. The van der Waals surface area contributed by atoms with Gasteiger partial charge in [0, 0.05) is 18.9 Å². The van der Waals surface area contributed by atoms with E-state index in [9.17, 15) is 24.9 Å². The van der Waals surface area contributed by atoms with Gasteiger partial charge in [-0.15, -0.1) is 0 Å². The Balaban J connectivity index is 1.08. The molecule has 0 saturated heterocycles. The van der Waals surface area contributed by atoms with Gasteiger partial charge in [-0.2, -0.15) is 0 Å². The average molecular weight is 865 g/mol. The van der Waals surface area contributed by atoms with E-state index in [0.717, 1.165) is 62.9 Å². The lowest BCUT2D eigenvalue weighted by Crippen LogP contribution is -2.77. The fourth-order valence-electron chi connectivity index (χ4n) is 16.0. The van der Waals surface area contributed by atoms with Crippen LogP contribution in [0.4, 0.5) is 0 Å². The normalized spacial score (nSPS) is 37.1. The van der Waals surface area contributed by atoms with Crippen LogP contribution in [0, 0.1) is 51.2 Å². The topological polar surface area (TPSA) is 113 Å². The number of hydrogen-bond donors (Lipinski definition) is 3. The largest absolute Gasteiger partial charge is 0.462 e. The van der Waals surface area contributed by atoms with Crippen LogP contribution < -0.4 is 0 Å². The molecule has 2 aromatic rings. The maximum atomic E-state index is 13.7. The summed E-state index contributed by atoms with van der Waals surface area (Å²) in [5.41, 5.74) is 1.23. The quantitative estimate of drug-likeness (QED) is 0.144. The van der Waals surface area contributed by atoms with Crippen molar-refractivity contribution in [2.24, 2.45) is 51.2 Å². The van der Waals surface area contributed by atoms with E-state index >= 15 is 0 Å². The zero-order valence-electron chi connectivity index (χ0n) is 39.2. The van der Waals surface area contributed by atoms with Crippen molar-refractivity contribution in [3.05, 3.63) is 83.4 Å². The first-order valence-corrected chi connectivity index (χ1v) is 25.4. The van der Waals surface area contributed by atoms with Gasteiger partial charge in [0.25, 0.3) is 0 Å². The summed E-state index contributed by atoms with van der Waals surface area (Å²) in [5, 5.41) is 39.7. The molecule has 7 nitrogen and oxygen atoms in total. The van der Waals surface area contributed by atoms with Crippen molar-refractivity contribution in [2.75, 3.05) is 6.61 Å². The van der Waals surface area contributed by atoms with Crippen molar-refractivity contribution in [3.8, 4) is 0 Å². The number of ether oxygens (including phenoxy) is 2. The van der Waals surface area contributed by atoms with Crippen molar-refractivity contribution in [2.45, 2.75) is 193 Å². The Morgan fingerprint density at radius 1 is 0.889 bits per heavy atom. The second-order valence-corrected chi connectivity index (χ2v) is 22.6. The molecule has 63 heavy (non-hydrogen) atoms. The molecule has 0 aromatic heterocycles. The minimum Gasteiger partial charge on any atom is -0.462 e. The van der Waals surface area contributed by atoms with E-state index in [-0.39, 0.29) is 36.3 Å². The van der Waals surface area contributed by atoms with Gasteiger partial charge in [-0.1, -0.05) is 101 Å². The van der Waals surface area contributed by atoms with E-state index in [4.69, 9.17) is 9.47 Å². The van der Waals surface area contributed by atoms with Crippen LogP contribution in [0.25, 0.3) is 0 Å². The van der Waals surface area contributed by atoms with E-state index in [0.29, 0.717) is 48.3 Å². The van der Waals surface area contributed by atoms with Crippen molar-refractivity contribution >= 4 is 11.9 Å². The average Bonchev–Trinajstić information content (AvgIpc) is 4.00. The second-order valence-electron chi connectivity index (χ2n) is 22.6. The molecule has 5 aliphatic carbocycles. The van der Waals surface area contributed by atoms with Crippen LogP contribution in [0.3, 0.4) is 0 Å². The van der Waals surface area contributed by atoms with Crippen LogP contribution in [-0.4, -0.2) is 57.8 Å². The third-order valence-corrected chi connectivity index (χ3v) is 19.1. The standard InChI is InChI=1S/C56H80O7/c1-39(14-13-19-42-15-7-5-8-16-42)20-23-48(58)56-49(59)27-30-52(4,51(56)47(63-41(3)57)34-40(2)55(56,61)33-24-44-35-50(60)62-37-44)45-25-31-53(32-26-45)36-46(54(38-53)28-11-12-29-54)22-21-43-17-9-6-10-18-43/h5-10,15-18,35,39-40,45-49,51,58-59,61H,11-14,19-34,36-38H2,1-4H3. The number of benzene rings is 2. The molecule has 2 aromatic carbocycles. The molecule has 1 aliphatic heterocycles. The summed E-state index contributed by atoms with van der Waals surface area (Å²) in [6.45, 7) is 8.36. The van der Waals surface area contributed by atoms with E-state index in [2.05, 4.69) is 74.5 Å². The van der Waals surface area contributed by atoms with Gasteiger partial charge < -0.3 is 24.8 Å². The van der Waals surface area contributed by atoms with Gasteiger partial charge in [0.1, 0.15) is 12.7 Å². The predicted octanol–water partition coefficient (Wildman–Crippen LogP) is 11.3. The minimum absolute atomic E-state index is 0.206. The summed E-state index contributed by atoms with van der Waals surface area (Å²) in [6.07, 6.45) is 20.9. The van der Waals surface area contributed by atoms with Crippen molar-refractivity contribution < 1.29 is 34.4 Å². The number of cyclic esters (lactones) is 1. The summed E-state index contributed by atoms with van der Waals surface area (Å²) in [6, 6.07) is 21.7. The molecule has 1 heterocycles. The van der Waals surface area contributed by atoms with Gasteiger partial charge in [-0.25, -0.2) is 4.79 Å². The molecule has 6 aliphatic rings. The molecule has 0 amide bonds. The highest BCUT2D eigenvalue weighted by molar-refractivity contribution is 5.85. The lowest BCUT2D eigenvalue weighted by molar-refractivity contribution is -0.327. The first-order valence-electron chi connectivity index (χ1n) is 25.4. The Morgan fingerprint density at radius 3 is 2.19 bits per heavy atom. The highest BCUT2D eigenvalue weighted by Gasteiger charge is 2.74. The number of rotatable bonds is 16. The summed E-state index contributed by atoms with van der Waals surface area (Å²) in [4.78, 5) is 25.3. The number of esters is 2. The zero-order valence-corrected chi connectivity index (χ0v) is 39.2. The summed E-state index contributed by atoms with van der Waals surface area (Å²) >= 11 is 0. The summed E-state index contributed by atoms with van der Waals surface area (Å²) in [5.74, 6) is -0.113. The molecular weight excluding hydrogens is 785 g/mol. The lowest BCUT2D eigenvalue weighted by Gasteiger charge is -2.70. The Morgan fingerprint density at radius 2 is 1.56 bits per heavy atom. The molecule has 0 radical (unpaired) electrons. The minimum atomic E-state index is -1.49. The molecule has 10 unspecified atom stereocenters. The number of aliphatic hydroxyl groups is 3. The van der Waals surface area contributed by atoms with Crippen molar-refractivity contribution in [1.29, 1.82) is 0 Å².